The first kappa shape index (κ1) is 41.5. The van der Waals surface area contributed by atoms with Gasteiger partial charge in [0.15, 0.2) is 0 Å². The van der Waals surface area contributed by atoms with Crippen molar-refractivity contribution in [3.05, 3.63) is 147 Å². The van der Waals surface area contributed by atoms with Crippen molar-refractivity contribution >= 4 is 81.6 Å². The van der Waals surface area contributed by atoms with Gasteiger partial charge in [0, 0.05) is 24.5 Å². The summed E-state index contributed by atoms with van der Waals surface area (Å²) in [6.07, 6.45) is -0.0198. The molecule has 2 radical (unpaired) electrons. The van der Waals surface area contributed by atoms with Gasteiger partial charge in [0.1, 0.15) is 0 Å². The number of rotatable bonds is 8. The van der Waals surface area contributed by atoms with E-state index >= 15 is 0 Å². The second-order valence-electron chi connectivity index (χ2n) is 13.7. The normalized spacial score (nSPS) is 13.2. The van der Waals surface area contributed by atoms with Crippen LogP contribution in [-0.2, 0) is 18.1 Å². The topological polar surface area (TPSA) is 32.8 Å². The predicted octanol–water partition coefficient (Wildman–Crippen LogP) is 11.4. The van der Waals surface area contributed by atoms with Crippen LogP contribution in [0.3, 0.4) is 0 Å². The summed E-state index contributed by atoms with van der Waals surface area (Å²) in [5.41, 5.74) is 11.3. The van der Waals surface area contributed by atoms with Gasteiger partial charge in [0.25, 0.3) is 0 Å². The third-order valence-corrected chi connectivity index (χ3v) is 14.3. The van der Waals surface area contributed by atoms with E-state index < -0.39 is 20.7 Å². The summed E-state index contributed by atoms with van der Waals surface area (Å²) in [5, 5.41) is 3.15. The van der Waals surface area contributed by atoms with E-state index in [1.54, 1.807) is 48.5 Å². The molecule has 0 amide bonds. The Labute approximate surface area is 338 Å². The fraction of sp³-hybridized carbons (Fsp3) is 0.256. The van der Waals surface area contributed by atoms with Gasteiger partial charge in [-0.2, -0.15) is 0 Å². The average molecular weight is 896 g/mol. The molecule has 5 aromatic carbocycles. The van der Waals surface area contributed by atoms with Crippen LogP contribution in [0.15, 0.2) is 91.0 Å². The molecule has 0 aromatic heterocycles. The number of benzene rings is 5. The van der Waals surface area contributed by atoms with Crippen LogP contribution in [-0.4, -0.2) is 23.8 Å². The van der Waals surface area contributed by atoms with Gasteiger partial charge < -0.3 is 9.80 Å². The van der Waals surface area contributed by atoms with E-state index in [-0.39, 0.29) is 6.10 Å². The van der Waals surface area contributed by atoms with Gasteiger partial charge in [-0.25, -0.2) is 0 Å². The molecule has 0 N–H and O–H groups in total. The molecule has 5 aromatic rings. The maximum absolute atomic E-state index is 14.6. The smallest absolute Gasteiger partial charge is 0.208 e. The van der Waals surface area contributed by atoms with Gasteiger partial charge >= 0.3 is 201 Å². The molecule has 0 unspecified atom stereocenters. The quantitative estimate of drug-likeness (QED) is 0.115. The van der Waals surface area contributed by atoms with Crippen LogP contribution >= 0.6 is 49.7 Å². The van der Waals surface area contributed by atoms with Gasteiger partial charge in [-0.05, 0) is 63.8 Å². The summed E-state index contributed by atoms with van der Waals surface area (Å²) in [7, 11) is 9.11. The monoisotopic (exact) mass is 894 g/mol. The van der Waals surface area contributed by atoms with Gasteiger partial charge in [0.05, 0.1) is 0 Å². The van der Waals surface area contributed by atoms with E-state index in [0.717, 1.165) is 18.7 Å². The molecule has 0 saturated carbocycles. The standard InChI is InChI=1S/C22H19Cl2O2P.C21H26N2.2ClH.Ru/c1-15(2)26-22-13-12-21(14-16(22)3)27(25,19-8-4-17(23)5-9-19)20-10-6-18(24)7-11-20;1-14-9-16(3)20(17(4)10-14)22-7-8-23(13-22)21-18(5)11-15(2)12-19(21)6;;;/h3-15H,1-2H3;9-12H,7-8H2,1-6H3;2*1H;/q;;;;+2/p-2. The van der Waals surface area contributed by atoms with Crippen molar-refractivity contribution in [2.75, 3.05) is 22.9 Å². The van der Waals surface area contributed by atoms with Crippen molar-refractivity contribution in [2.45, 2.75) is 61.5 Å². The maximum atomic E-state index is 14.6. The van der Waals surface area contributed by atoms with E-state index in [1.807, 2.05) is 36.7 Å². The summed E-state index contributed by atoms with van der Waals surface area (Å²) < 4.78 is 22.3. The summed E-state index contributed by atoms with van der Waals surface area (Å²) in [6.45, 7) is 22.6. The van der Waals surface area contributed by atoms with Crippen LogP contribution in [0.25, 0.3) is 0 Å². The van der Waals surface area contributed by atoms with Crippen molar-refractivity contribution in [3.8, 4) is 5.75 Å². The average Bonchev–Trinajstić information content (AvgIpc) is 3.53. The minimum Gasteiger partial charge on any atom is -0.339 e. The number of halogens is 4. The van der Waals surface area contributed by atoms with Crippen LogP contribution in [0.2, 0.25) is 10.0 Å². The Hall–Kier alpha value is -2.62. The zero-order chi connectivity index (χ0) is 38.6. The first-order valence-electron chi connectivity index (χ1n) is 17.3. The minimum atomic E-state index is -3.20. The van der Waals surface area contributed by atoms with E-state index in [0.29, 0.717) is 31.7 Å². The predicted molar refractivity (Wildman–Crippen MR) is 228 cm³/mol. The summed E-state index contributed by atoms with van der Waals surface area (Å²) >= 11 is 10.0. The van der Waals surface area contributed by atoms with Crippen LogP contribution in [0, 0.1) is 48.2 Å². The molecule has 1 aliphatic heterocycles. The Bertz CT molecular complexity index is 2010. The fourth-order valence-corrected chi connectivity index (χ4v) is 11.6. The molecule has 4 nitrogen and oxygen atoms in total. The molecule has 10 heteroatoms. The number of anilines is 2. The molecule has 0 aliphatic carbocycles. The Morgan fingerprint density at radius 1 is 0.660 bits per heavy atom. The zero-order valence-electron chi connectivity index (χ0n) is 31.3. The van der Waals surface area contributed by atoms with Crippen molar-refractivity contribution in [1.82, 2.24) is 0 Å². The first-order valence-corrected chi connectivity index (χ1v) is 25.2. The van der Waals surface area contributed by atoms with Crippen LogP contribution in [0.5, 0.6) is 5.75 Å². The van der Waals surface area contributed by atoms with Gasteiger partial charge in [-0.3, -0.25) is 0 Å². The van der Waals surface area contributed by atoms with E-state index in [4.69, 9.17) is 47.3 Å². The Kier molecular flexibility index (Phi) is 14.0. The number of ether oxygens (including phenoxy) is 1. The molecule has 0 atom stereocenters. The third-order valence-electron chi connectivity index (χ3n) is 8.89. The van der Waals surface area contributed by atoms with Gasteiger partial charge in [-0.15, -0.1) is 0 Å². The number of hydrogen-bond acceptors (Lipinski definition) is 4. The van der Waals surface area contributed by atoms with Crippen molar-refractivity contribution in [1.29, 1.82) is 0 Å². The molecule has 280 valence electrons. The molecule has 0 spiro atoms. The van der Waals surface area contributed by atoms with Crippen LogP contribution < -0.4 is 30.5 Å². The second-order valence-corrected chi connectivity index (χ2v) is 23.0. The third kappa shape index (κ3) is 9.98. The molecule has 6 rings (SSSR count). The van der Waals surface area contributed by atoms with E-state index in [2.05, 4.69) is 82.3 Å². The maximum Gasteiger partial charge on any atom is 0.208 e. The fourth-order valence-electron chi connectivity index (χ4n) is 6.97. The van der Waals surface area contributed by atoms with E-state index in [1.165, 1.54) is 44.8 Å². The minimum absolute atomic E-state index is 0.0198. The largest absolute Gasteiger partial charge is 0.339 e. The summed E-state index contributed by atoms with van der Waals surface area (Å²) in [5.74, 6) is 0.660. The van der Waals surface area contributed by atoms with Gasteiger partial charge in [-0.1, -0.05) is 35.4 Å². The Balaban J connectivity index is 0.000000211. The van der Waals surface area contributed by atoms with Gasteiger partial charge in [0.2, 0.25) is 6.67 Å². The molecular formula is C43H45Cl4N2O2PRu. The van der Waals surface area contributed by atoms with Crippen LogP contribution in [0.4, 0.5) is 11.4 Å². The number of nitrogens with zero attached hydrogens (tertiary/aromatic N) is 2. The van der Waals surface area contributed by atoms with Crippen molar-refractivity contribution in [3.63, 3.8) is 0 Å². The van der Waals surface area contributed by atoms with Crippen molar-refractivity contribution in [2.24, 2.45) is 0 Å². The molecular weight excluding hydrogens is 850 g/mol. The first-order chi connectivity index (χ1) is 25.1. The summed E-state index contributed by atoms with van der Waals surface area (Å²) in [6, 6.07) is 28.7. The van der Waals surface area contributed by atoms with Crippen molar-refractivity contribution < 1.29 is 22.8 Å². The Morgan fingerprint density at radius 2 is 1.06 bits per heavy atom. The number of aryl methyl sites for hydroxylation is 6. The molecule has 53 heavy (non-hydrogen) atoms. The molecule has 1 fully saturated rings. The SMILES string of the molecule is CC(C)Oc1ccc(P(=O)(c2ccc(Cl)cc2)c2ccc(Cl)cc2)cc1[CH]=[Ru]([Cl])[Cl].Cc1cc(C)c(N2[C]N(c3c(C)cc(C)cc3C)CC2)c(C)c1. The number of hydrogen-bond donors (Lipinski definition) is 0. The van der Waals surface area contributed by atoms with Crippen LogP contribution in [0.1, 0.15) is 52.8 Å². The molecule has 1 aliphatic rings. The summed E-state index contributed by atoms with van der Waals surface area (Å²) in [4.78, 5) is 4.56. The van der Waals surface area contributed by atoms with E-state index in [9.17, 15) is 4.57 Å². The molecule has 1 saturated heterocycles. The second kappa shape index (κ2) is 17.9. The Morgan fingerprint density at radius 3 is 1.43 bits per heavy atom. The molecule has 0 bridgehead atoms. The zero-order valence-corrected chi connectivity index (χ0v) is 36.9. The molecule has 1 heterocycles.